The molecule has 26 heavy (non-hydrogen) atoms. The quantitative estimate of drug-likeness (QED) is 0.737. The number of hydrogen-bond acceptors (Lipinski definition) is 5. The van der Waals surface area contributed by atoms with E-state index in [2.05, 4.69) is 11.0 Å². The summed E-state index contributed by atoms with van der Waals surface area (Å²) in [6, 6.07) is 14.0. The van der Waals surface area contributed by atoms with Gasteiger partial charge in [-0.05, 0) is 43.1 Å². The molecule has 0 aliphatic carbocycles. The molecule has 1 aliphatic rings. The van der Waals surface area contributed by atoms with E-state index in [4.69, 9.17) is 14.2 Å². The van der Waals surface area contributed by atoms with Gasteiger partial charge in [0.05, 0.1) is 26.9 Å². The molecular weight excluding hydrogens is 330 g/mol. The average molecular weight is 355 g/mol. The van der Waals surface area contributed by atoms with Gasteiger partial charge in [0.2, 0.25) is 0 Å². The van der Waals surface area contributed by atoms with E-state index in [1.807, 2.05) is 36.4 Å². The number of carbonyl (C=O) groups is 1. The summed E-state index contributed by atoms with van der Waals surface area (Å²) in [6.45, 7) is 1.87. The first-order chi connectivity index (χ1) is 12.7. The van der Waals surface area contributed by atoms with Crippen molar-refractivity contribution in [1.29, 1.82) is 0 Å². The van der Waals surface area contributed by atoms with Crippen LogP contribution in [0.2, 0.25) is 0 Å². The molecule has 1 aliphatic heterocycles. The molecule has 5 nitrogen and oxygen atoms in total. The maximum atomic E-state index is 11.6. The number of carbonyl (C=O) groups excluding carboxylic acids is 1. The fourth-order valence-corrected chi connectivity index (χ4v) is 3.56. The lowest BCUT2D eigenvalue weighted by molar-refractivity contribution is 0.0600. The van der Waals surface area contributed by atoms with Crippen LogP contribution in [0.5, 0.6) is 11.5 Å². The second-order valence-electron chi connectivity index (χ2n) is 6.42. The summed E-state index contributed by atoms with van der Waals surface area (Å²) in [4.78, 5) is 14.0. The normalized spacial score (nSPS) is 17.1. The zero-order chi connectivity index (χ0) is 18.5. The van der Waals surface area contributed by atoms with Gasteiger partial charge in [-0.3, -0.25) is 4.90 Å². The van der Waals surface area contributed by atoms with Crippen LogP contribution in [-0.2, 0) is 11.3 Å². The first-order valence-electron chi connectivity index (χ1n) is 8.79. The molecule has 2 aromatic rings. The Morgan fingerprint density at radius 1 is 1.08 bits per heavy atom. The van der Waals surface area contributed by atoms with E-state index in [-0.39, 0.29) is 5.97 Å². The number of esters is 1. The highest BCUT2D eigenvalue weighted by Gasteiger charge is 2.28. The number of nitrogens with zero attached hydrogens (tertiary/aromatic N) is 1. The van der Waals surface area contributed by atoms with Crippen LogP contribution >= 0.6 is 0 Å². The molecule has 2 aromatic carbocycles. The van der Waals surface area contributed by atoms with Crippen molar-refractivity contribution in [2.75, 3.05) is 27.9 Å². The Morgan fingerprint density at radius 2 is 1.85 bits per heavy atom. The molecule has 3 rings (SSSR count). The van der Waals surface area contributed by atoms with Gasteiger partial charge in [0.15, 0.2) is 0 Å². The molecule has 0 bridgehead atoms. The summed E-state index contributed by atoms with van der Waals surface area (Å²) in [5.74, 6) is 1.36. The predicted octanol–water partition coefficient (Wildman–Crippen LogP) is 3.83. The van der Waals surface area contributed by atoms with Gasteiger partial charge in [-0.25, -0.2) is 4.79 Å². The van der Waals surface area contributed by atoms with Crippen molar-refractivity contribution in [1.82, 2.24) is 4.90 Å². The molecule has 0 radical (unpaired) electrons. The highest BCUT2D eigenvalue weighted by molar-refractivity contribution is 5.89. The molecule has 1 atom stereocenters. The van der Waals surface area contributed by atoms with Gasteiger partial charge in [-0.1, -0.05) is 18.2 Å². The van der Waals surface area contributed by atoms with E-state index >= 15 is 0 Å². The van der Waals surface area contributed by atoms with Gasteiger partial charge in [0.25, 0.3) is 0 Å². The van der Waals surface area contributed by atoms with Gasteiger partial charge in [-0.2, -0.15) is 0 Å². The predicted molar refractivity (Wildman–Crippen MR) is 99.7 cm³/mol. The molecule has 0 spiro atoms. The van der Waals surface area contributed by atoms with Crippen LogP contribution in [-0.4, -0.2) is 38.7 Å². The summed E-state index contributed by atoms with van der Waals surface area (Å²) in [7, 11) is 4.75. The third-order valence-corrected chi connectivity index (χ3v) is 4.92. The molecule has 1 fully saturated rings. The molecule has 5 heteroatoms. The van der Waals surface area contributed by atoms with Gasteiger partial charge in [0, 0.05) is 24.2 Å². The molecular formula is C21H25NO4. The minimum absolute atomic E-state index is 0.307. The van der Waals surface area contributed by atoms with Gasteiger partial charge < -0.3 is 14.2 Å². The Morgan fingerprint density at radius 3 is 2.50 bits per heavy atom. The number of rotatable bonds is 6. The lowest BCUT2D eigenvalue weighted by Crippen LogP contribution is -2.23. The van der Waals surface area contributed by atoms with E-state index in [0.717, 1.165) is 37.4 Å². The molecule has 1 heterocycles. The topological polar surface area (TPSA) is 48.0 Å². The lowest BCUT2D eigenvalue weighted by atomic mass is 10.0. The molecule has 0 saturated carbocycles. The van der Waals surface area contributed by atoms with E-state index in [9.17, 15) is 4.79 Å². The van der Waals surface area contributed by atoms with Crippen LogP contribution < -0.4 is 9.47 Å². The summed E-state index contributed by atoms with van der Waals surface area (Å²) in [5.41, 5.74) is 2.94. The third kappa shape index (κ3) is 3.83. The Balaban J connectivity index is 1.77. The van der Waals surface area contributed by atoms with Crippen LogP contribution in [0.1, 0.15) is 40.4 Å². The fraction of sp³-hybridized carbons (Fsp3) is 0.381. The Bertz CT molecular complexity index is 757. The Kier molecular flexibility index (Phi) is 5.78. The number of benzene rings is 2. The number of ether oxygens (including phenoxy) is 3. The summed E-state index contributed by atoms with van der Waals surface area (Å²) < 4.78 is 15.7. The summed E-state index contributed by atoms with van der Waals surface area (Å²) >= 11 is 0. The summed E-state index contributed by atoms with van der Waals surface area (Å²) in [6.07, 6.45) is 2.25. The van der Waals surface area contributed by atoms with E-state index in [0.29, 0.717) is 11.6 Å². The first-order valence-corrected chi connectivity index (χ1v) is 8.79. The van der Waals surface area contributed by atoms with Crippen molar-refractivity contribution >= 4 is 5.97 Å². The monoisotopic (exact) mass is 355 g/mol. The van der Waals surface area contributed by atoms with Crippen molar-refractivity contribution in [3.8, 4) is 11.5 Å². The van der Waals surface area contributed by atoms with Crippen LogP contribution in [0.25, 0.3) is 0 Å². The second-order valence-corrected chi connectivity index (χ2v) is 6.42. The summed E-state index contributed by atoms with van der Waals surface area (Å²) in [5, 5.41) is 0. The van der Waals surface area contributed by atoms with Crippen molar-refractivity contribution in [2.45, 2.75) is 25.4 Å². The second kappa shape index (κ2) is 8.23. The number of methoxy groups -OCH3 is 3. The molecule has 0 N–H and O–H groups in total. The van der Waals surface area contributed by atoms with Crippen LogP contribution in [0, 0.1) is 0 Å². The largest absolute Gasteiger partial charge is 0.497 e. The van der Waals surface area contributed by atoms with E-state index < -0.39 is 0 Å². The Hall–Kier alpha value is -2.53. The minimum Gasteiger partial charge on any atom is -0.497 e. The third-order valence-electron chi connectivity index (χ3n) is 4.92. The maximum Gasteiger partial charge on any atom is 0.337 e. The zero-order valence-electron chi connectivity index (χ0n) is 15.5. The standard InChI is InChI=1S/C21H25NO4/c1-24-17-10-11-18(20(13-17)25-2)19-5-4-12-22(19)14-15-6-8-16(9-7-15)21(23)26-3/h6-11,13,19H,4-5,12,14H2,1-3H3/t19-/m0/s1. The van der Waals surface area contributed by atoms with Gasteiger partial charge >= 0.3 is 5.97 Å². The van der Waals surface area contributed by atoms with Crippen molar-refractivity contribution in [3.63, 3.8) is 0 Å². The lowest BCUT2D eigenvalue weighted by Gasteiger charge is -2.26. The van der Waals surface area contributed by atoms with Crippen molar-refractivity contribution < 1.29 is 19.0 Å². The molecule has 0 aromatic heterocycles. The Labute approximate surface area is 154 Å². The van der Waals surface area contributed by atoms with Gasteiger partial charge in [-0.15, -0.1) is 0 Å². The van der Waals surface area contributed by atoms with Crippen LogP contribution in [0.15, 0.2) is 42.5 Å². The van der Waals surface area contributed by atoms with E-state index in [1.54, 1.807) is 14.2 Å². The number of hydrogen-bond donors (Lipinski definition) is 0. The molecule has 0 unspecified atom stereocenters. The van der Waals surface area contributed by atoms with Crippen LogP contribution in [0.3, 0.4) is 0 Å². The molecule has 0 amide bonds. The highest BCUT2D eigenvalue weighted by atomic mass is 16.5. The minimum atomic E-state index is -0.307. The smallest absolute Gasteiger partial charge is 0.337 e. The highest BCUT2D eigenvalue weighted by Crippen LogP contribution is 2.39. The van der Waals surface area contributed by atoms with E-state index in [1.165, 1.54) is 18.2 Å². The van der Waals surface area contributed by atoms with Crippen LogP contribution in [0.4, 0.5) is 0 Å². The first kappa shape index (κ1) is 18.3. The van der Waals surface area contributed by atoms with Crippen molar-refractivity contribution in [3.05, 3.63) is 59.2 Å². The SMILES string of the molecule is COC(=O)c1ccc(CN2CCC[C@H]2c2ccc(OC)cc2OC)cc1. The fourth-order valence-electron chi connectivity index (χ4n) is 3.56. The van der Waals surface area contributed by atoms with Crippen molar-refractivity contribution in [2.24, 2.45) is 0 Å². The average Bonchev–Trinajstić information content (AvgIpc) is 3.15. The van der Waals surface area contributed by atoms with Gasteiger partial charge in [0.1, 0.15) is 11.5 Å². The number of likely N-dealkylation sites (tertiary alicyclic amines) is 1. The zero-order valence-corrected chi connectivity index (χ0v) is 15.5. The molecule has 1 saturated heterocycles. The molecule has 138 valence electrons. The maximum absolute atomic E-state index is 11.6.